The topological polar surface area (TPSA) is 75.3 Å². The van der Waals surface area contributed by atoms with Crippen LogP contribution >= 0.6 is 0 Å². The van der Waals surface area contributed by atoms with E-state index in [-0.39, 0.29) is 29.9 Å². The zero-order chi connectivity index (χ0) is 13.9. The molecule has 2 aliphatic rings. The van der Waals surface area contributed by atoms with Gasteiger partial charge in [0.05, 0.1) is 11.5 Å². The molecule has 1 aliphatic carbocycles. The van der Waals surface area contributed by atoms with Crippen LogP contribution in [0.3, 0.4) is 0 Å². The third-order valence-corrected chi connectivity index (χ3v) is 6.07. The average molecular weight is 288 g/mol. The van der Waals surface area contributed by atoms with Crippen LogP contribution in [0, 0.1) is 11.8 Å². The van der Waals surface area contributed by atoms with Crippen molar-refractivity contribution in [2.24, 2.45) is 11.8 Å². The Morgan fingerprint density at radius 2 is 2.16 bits per heavy atom. The van der Waals surface area contributed by atoms with Gasteiger partial charge in [0.25, 0.3) is 0 Å². The molecular weight excluding hydrogens is 264 g/mol. The van der Waals surface area contributed by atoms with Crippen molar-refractivity contribution < 1.29 is 13.2 Å². The highest BCUT2D eigenvalue weighted by atomic mass is 32.2. The molecule has 5 nitrogen and oxygen atoms in total. The predicted molar refractivity (Wildman–Crippen MR) is 74.6 cm³/mol. The third kappa shape index (κ3) is 4.45. The number of carbonyl (C=O) groups is 1. The zero-order valence-corrected chi connectivity index (χ0v) is 12.3. The Kier molecular flexibility index (Phi) is 4.84. The Labute approximate surface area is 115 Å². The molecule has 1 heterocycles. The summed E-state index contributed by atoms with van der Waals surface area (Å²) in [5, 5.41) is 6.06. The molecule has 2 N–H and O–H groups in total. The Bertz CT molecular complexity index is 422. The Balaban J connectivity index is 1.72. The molecule has 0 aromatic carbocycles. The van der Waals surface area contributed by atoms with Crippen molar-refractivity contribution in [3.8, 4) is 0 Å². The van der Waals surface area contributed by atoms with Crippen LogP contribution in [0.2, 0.25) is 0 Å². The molecule has 1 saturated carbocycles. The molecule has 1 amide bonds. The summed E-state index contributed by atoms with van der Waals surface area (Å²) in [5.74, 6) is 1.51. The van der Waals surface area contributed by atoms with Gasteiger partial charge >= 0.3 is 0 Å². The number of sulfone groups is 1. The van der Waals surface area contributed by atoms with Crippen molar-refractivity contribution in [3.63, 3.8) is 0 Å². The van der Waals surface area contributed by atoms with Gasteiger partial charge in [-0.05, 0) is 18.3 Å². The van der Waals surface area contributed by atoms with Crippen molar-refractivity contribution >= 4 is 15.7 Å². The van der Waals surface area contributed by atoms with E-state index in [1.54, 1.807) is 0 Å². The average Bonchev–Trinajstić information content (AvgIpc) is 2.71. The number of hydrogen-bond donors (Lipinski definition) is 2. The van der Waals surface area contributed by atoms with Crippen LogP contribution in [-0.2, 0) is 14.6 Å². The lowest BCUT2D eigenvalue weighted by Crippen LogP contribution is -2.47. The maximum Gasteiger partial charge on any atom is 0.221 e. The van der Waals surface area contributed by atoms with E-state index in [4.69, 9.17) is 0 Å². The summed E-state index contributed by atoms with van der Waals surface area (Å²) in [6.45, 7) is 3.43. The van der Waals surface area contributed by atoms with Crippen LogP contribution in [0.25, 0.3) is 0 Å². The Morgan fingerprint density at radius 1 is 1.37 bits per heavy atom. The van der Waals surface area contributed by atoms with Crippen LogP contribution in [-0.4, -0.2) is 45.0 Å². The van der Waals surface area contributed by atoms with Gasteiger partial charge in [0.1, 0.15) is 0 Å². The van der Waals surface area contributed by atoms with E-state index < -0.39 is 9.84 Å². The first-order valence-electron chi connectivity index (χ1n) is 7.17. The highest BCUT2D eigenvalue weighted by molar-refractivity contribution is 7.91. The van der Waals surface area contributed by atoms with E-state index in [0.717, 1.165) is 6.54 Å². The van der Waals surface area contributed by atoms with E-state index in [1.165, 1.54) is 19.3 Å². The first kappa shape index (κ1) is 14.8. The van der Waals surface area contributed by atoms with E-state index >= 15 is 0 Å². The molecule has 0 aromatic heterocycles. The fraction of sp³-hybridized carbons (Fsp3) is 0.923. The van der Waals surface area contributed by atoms with Gasteiger partial charge in [0.2, 0.25) is 5.91 Å². The third-order valence-electron chi connectivity index (χ3n) is 4.33. The maximum atomic E-state index is 11.8. The van der Waals surface area contributed by atoms with Crippen molar-refractivity contribution in [1.82, 2.24) is 10.6 Å². The lowest BCUT2D eigenvalue weighted by atomic mass is 9.98. The van der Waals surface area contributed by atoms with Crippen molar-refractivity contribution in [1.29, 1.82) is 0 Å². The smallest absolute Gasteiger partial charge is 0.221 e. The second-order valence-corrected chi connectivity index (χ2v) is 8.17. The minimum Gasteiger partial charge on any atom is -0.356 e. The largest absolute Gasteiger partial charge is 0.356 e. The summed E-state index contributed by atoms with van der Waals surface area (Å²) in [4.78, 5) is 11.8. The Hall–Kier alpha value is -0.620. The summed E-state index contributed by atoms with van der Waals surface area (Å²) in [6.07, 6.45) is 3.96. The summed E-state index contributed by atoms with van der Waals surface area (Å²) in [6, 6.07) is -0.222. The molecule has 3 unspecified atom stereocenters. The molecule has 110 valence electrons. The molecule has 0 bridgehead atoms. The summed E-state index contributed by atoms with van der Waals surface area (Å²) in [7, 11) is -2.96. The highest BCUT2D eigenvalue weighted by Crippen LogP contribution is 2.30. The van der Waals surface area contributed by atoms with Crippen LogP contribution in [0.4, 0.5) is 0 Å². The lowest BCUT2D eigenvalue weighted by Gasteiger charge is -2.23. The maximum absolute atomic E-state index is 11.8. The molecule has 3 atom stereocenters. The molecular formula is C13H24N2O3S. The number of nitrogens with one attached hydrogen (secondary N) is 2. The van der Waals surface area contributed by atoms with Gasteiger partial charge < -0.3 is 10.6 Å². The van der Waals surface area contributed by atoms with Gasteiger partial charge in [0, 0.05) is 25.6 Å². The lowest BCUT2D eigenvalue weighted by molar-refractivity contribution is -0.121. The van der Waals surface area contributed by atoms with Crippen LogP contribution in [0.1, 0.15) is 32.6 Å². The minimum atomic E-state index is -2.96. The molecule has 1 saturated heterocycles. The molecule has 0 radical (unpaired) electrons. The van der Waals surface area contributed by atoms with Gasteiger partial charge in [-0.2, -0.15) is 0 Å². The van der Waals surface area contributed by atoms with Gasteiger partial charge in [0.15, 0.2) is 9.84 Å². The van der Waals surface area contributed by atoms with E-state index in [0.29, 0.717) is 18.4 Å². The fourth-order valence-corrected chi connectivity index (χ4v) is 4.51. The van der Waals surface area contributed by atoms with Crippen LogP contribution < -0.4 is 10.6 Å². The predicted octanol–water partition coefficient (Wildman–Crippen LogP) is 0.316. The number of amides is 1. The number of carbonyl (C=O) groups excluding carboxylic acids is 1. The van der Waals surface area contributed by atoms with Crippen molar-refractivity contribution in [2.75, 3.05) is 24.6 Å². The summed E-state index contributed by atoms with van der Waals surface area (Å²) < 4.78 is 23.0. The molecule has 1 aliphatic heterocycles. The molecule has 0 aromatic rings. The van der Waals surface area contributed by atoms with Gasteiger partial charge in [-0.1, -0.05) is 19.8 Å². The normalized spacial score (nSPS) is 34.1. The molecule has 2 fully saturated rings. The van der Waals surface area contributed by atoms with E-state index in [2.05, 4.69) is 17.6 Å². The van der Waals surface area contributed by atoms with Gasteiger partial charge in [-0.3, -0.25) is 4.79 Å². The van der Waals surface area contributed by atoms with Crippen molar-refractivity contribution in [3.05, 3.63) is 0 Å². The highest BCUT2D eigenvalue weighted by Gasteiger charge is 2.27. The number of hydrogen-bond acceptors (Lipinski definition) is 4. The quantitative estimate of drug-likeness (QED) is 0.781. The molecule has 6 heteroatoms. The molecule has 2 rings (SSSR count). The second kappa shape index (κ2) is 6.22. The molecule has 0 spiro atoms. The summed E-state index contributed by atoms with van der Waals surface area (Å²) >= 11 is 0. The standard InChI is InChI=1S/C13H24N2O3S/c1-10-3-2-4-11(10)8-15-13(16)7-12-9-19(17,18)6-5-14-12/h10-12,14H,2-9H2,1H3,(H,15,16). The first-order chi connectivity index (χ1) is 8.96. The van der Waals surface area contributed by atoms with Crippen LogP contribution in [0.15, 0.2) is 0 Å². The monoisotopic (exact) mass is 288 g/mol. The van der Waals surface area contributed by atoms with Crippen LogP contribution in [0.5, 0.6) is 0 Å². The summed E-state index contributed by atoms with van der Waals surface area (Å²) in [5.41, 5.74) is 0. The van der Waals surface area contributed by atoms with Crippen molar-refractivity contribution in [2.45, 2.75) is 38.6 Å². The second-order valence-electron chi connectivity index (χ2n) is 5.94. The molecule has 19 heavy (non-hydrogen) atoms. The number of rotatable bonds is 4. The Morgan fingerprint density at radius 3 is 2.79 bits per heavy atom. The SMILES string of the molecule is CC1CCCC1CNC(=O)CC1CS(=O)(=O)CCN1. The first-order valence-corrected chi connectivity index (χ1v) is 8.99. The van der Waals surface area contributed by atoms with Gasteiger partial charge in [-0.15, -0.1) is 0 Å². The van der Waals surface area contributed by atoms with E-state index in [9.17, 15) is 13.2 Å². The minimum absolute atomic E-state index is 0.0336. The van der Waals surface area contributed by atoms with Gasteiger partial charge in [-0.25, -0.2) is 8.42 Å². The van der Waals surface area contributed by atoms with E-state index in [1.807, 2.05) is 0 Å². The fourth-order valence-electron chi connectivity index (χ4n) is 3.06. The zero-order valence-electron chi connectivity index (χ0n) is 11.5.